The summed E-state index contributed by atoms with van der Waals surface area (Å²) in [5.74, 6) is 1.70. The zero-order valence-corrected chi connectivity index (χ0v) is 11.3. The van der Waals surface area contributed by atoms with Gasteiger partial charge in [0.2, 0.25) is 5.95 Å². The molecule has 0 unspecified atom stereocenters. The molecule has 2 rings (SSSR count). The molecule has 2 aromatic rings. The fourth-order valence-corrected chi connectivity index (χ4v) is 1.61. The van der Waals surface area contributed by atoms with Crippen LogP contribution in [-0.2, 0) is 13.6 Å². The Bertz CT molecular complexity index is 464. The summed E-state index contributed by atoms with van der Waals surface area (Å²) in [5, 5.41) is 0. The van der Waals surface area contributed by atoms with Crippen molar-refractivity contribution in [3.05, 3.63) is 34.2 Å². The maximum absolute atomic E-state index is 4.26. The largest absolute Gasteiger partial charge is 0.337 e. The number of imidazole rings is 1. The van der Waals surface area contributed by atoms with Crippen molar-refractivity contribution in [1.29, 1.82) is 0 Å². The number of anilines is 1. The molecule has 0 saturated heterocycles. The van der Waals surface area contributed by atoms with Gasteiger partial charge in [0.15, 0.2) is 0 Å². The first-order valence-corrected chi connectivity index (χ1v) is 5.89. The van der Waals surface area contributed by atoms with Crippen LogP contribution in [0.25, 0.3) is 0 Å². The van der Waals surface area contributed by atoms with E-state index in [4.69, 9.17) is 0 Å². The SMILES string of the molecule is CN(Cc1nccn1C)c1ncc(I)cn1. The highest BCUT2D eigenvalue weighted by atomic mass is 127. The number of rotatable bonds is 3. The molecule has 2 aromatic heterocycles. The van der Waals surface area contributed by atoms with Crippen molar-refractivity contribution in [2.24, 2.45) is 7.05 Å². The van der Waals surface area contributed by atoms with Crippen molar-refractivity contribution < 1.29 is 0 Å². The molecule has 5 nitrogen and oxygen atoms in total. The van der Waals surface area contributed by atoms with Crippen LogP contribution in [0.1, 0.15) is 5.82 Å². The average molecular weight is 329 g/mol. The van der Waals surface area contributed by atoms with Gasteiger partial charge in [0.25, 0.3) is 0 Å². The molecule has 0 bridgehead atoms. The molecular weight excluding hydrogens is 317 g/mol. The highest BCUT2D eigenvalue weighted by molar-refractivity contribution is 14.1. The van der Waals surface area contributed by atoms with E-state index in [-0.39, 0.29) is 0 Å². The molecule has 0 aliphatic carbocycles. The second kappa shape index (κ2) is 4.77. The quantitative estimate of drug-likeness (QED) is 0.800. The van der Waals surface area contributed by atoms with Crippen LogP contribution >= 0.6 is 22.6 Å². The molecule has 0 fully saturated rings. The van der Waals surface area contributed by atoms with Gasteiger partial charge in [-0.3, -0.25) is 0 Å². The zero-order chi connectivity index (χ0) is 11.5. The lowest BCUT2D eigenvalue weighted by atomic mass is 10.5. The van der Waals surface area contributed by atoms with Crippen LogP contribution in [0.2, 0.25) is 0 Å². The van der Waals surface area contributed by atoms with Crippen molar-refractivity contribution in [2.75, 3.05) is 11.9 Å². The van der Waals surface area contributed by atoms with Crippen molar-refractivity contribution in [3.63, 3.8) is 0 Å². The Morgan fingerprint density at radius 1 is 1.31 bits per heavy atom. The van der Waals surface area contributed by atoms with Gasteiger partial charge in [-0.1, -0.05) is 0 Å². The normalized spacial score (nSPS) is 10.4. The van der Waals surface area contributed by atoms with E-state index >= 15 is 0 Å². The summed E-state index contributed by atoms with van der Waals surface area (Å²) >= 11 is 2.19. The first-order valence-electron chi connectivity index (χ1n) is 4.81. The number of aryl methyl sites for hydroxylation is 1. The third kappa shape index (κ3) is 2.49. The molecule has 0 aliphatic rings. The predicted octanol–water partition coefficient (Wildman–Crippen LogP) is 1.45. The average Bonchev–Trinajstić information content (AvgIpc) is 2.65. The molecule has 0 aliphatic heterocycles. The Morgan fingerprint density at radius 2 is 2.00 bits per heavy atom. The minimum Gasteiger partial charge on any atom is -0.337 e. The first-order chi connectivity index (χ1) is 7.66. The van der Waals surface area contributed by atoms with Crippen LogP contribution in [-0.4, -0.2) is 26.6 Å². The van der Waals surface area contributed by atoms with Crippen molar-refractivity contribution in [1.82, 2.24) is 19.5 Å². The molecule has 16 heavy (non-hydrogen) atoms. The zero-order valence-electron chi connectivity index (χ0n) is 9.13. The molecule has 0 spiro atoms. The number of hydrogen-bond donors (Lipinski definition) is 0. The third-order valence-electron chi connectivity index (χ3n) is 2.25. The van der Waals surface area contributed by atoms with Gasteiger partial charge in [-0.25, -0.2) is 15.0 Å². The minimum atomic E-state index is 0.699. The van der Waals surface area contributed by atoms with Gasteiger partial charge in [-0.15, -0.1) is 0 Å². The Balaban J connectivity index is 2.11. The number of nitrogens with zero attached hydrogens (tertiary/aromatic N) is 5. The standard InChI is InChI=1S/C10H12IN5/c1-15-4-3-12-9(15)7-16(2)10-13-5-8(11)6-14-10/h3-6H,7H2,1-2H3. The molecule has 0 N–H and O–H groups in total. The van der Waals surface area contributed by atoms with Crippen LogP contribution in [0.4, 0.5) is 5.95 Å². The molecular formula is C10H12IN5. The van der Waals surface area contributed by atoms with E-state index < -0.39 is 0 Å². The van der Waals surface area contributed by atoms with Crippen LogP contribution in [0.5, 0.6) is 0 Å². The second-order valence-corrected chi connectivity index (χ2v) is 4.76. The van der Waals surface area contributed by atoms with E-state index in [0.717, 1.165) is 9.39 Å². The van der Waals surface area contributed by atoms with Gasteiger partial charge in [-0.05, 0) is 22.6 Å². The van der Waals surface area contributed by atoms with E-state index in [1.54, 1.807) is 18.6 Å². The Hall–Kier alpha value is -1.18. The summed E-state index contributed by atoms with van der Waals surface area (Å²) in [6.07, 6.45) is 7.32. The molecule has 0 aromatic carbocycles. The Kier molecular flexibility index (Phi) is 3.37. The van der Waals surface area contributed by atoms with Gasteiger partial charge in [-0.2, -0.15) is 0 Å². The lowest BCUT2D eigenvalue weighted by molar-refractivity contribution is 0.746. The van der Waals surface area contributed by atoms with Gasteiger partial charge in [0.1, 0.15) is 5.82 Å². The molecule has 0 atom stereocenters. The van der Waals surface area contributed by atoms with E-state index in [0.29, 0.717) is 12.5 Å². The molecule has 0 radical (unpaired) electrons. The topological polar surface area (TPSA) is 46.8 Å². The molecule has 6 heteroatoms. The number of aromatic nitrogens is 4. The van der Waals surface area contributed by atoms with Crippen molar-refractivity contribution in [2.45, 2.75) is 6.54 Å². The molecule has 0 amide bonds. The maximum atomic E-state index is 4.26. The van der Waals surface area contributed by atoms with E-state index in [9.17, 15) is 0 Å². The van der Waals surface area contributed by atoms with Crippen LogP contribution < -0.4 is 4.90 Å². The van der Waals surface area contributed by atoms with Crippen molar-refractivity contribution >= 4 is 28.5 Å². The third-order valence-corrected chi connectivity index (χ3v) is 2.80. The first kappa shape index (κ1) is 11.3. The highest BCUT2D eigenvalue weighted by Crippen LogP contribution is 2.09. The molecule has 2 heterocycles. The fourth-order valence-electron chi connectivity index (χ4n) is 1.33. The van der Waals surface area contributed by atoms with Crippen molar-refractivity contribution in [3.8, 4) is 0 Å². The minimum absolute atomic E-state index is 0.699. The second-order valence-electron chi connectivity index (χ2n) is 3.51. The van der Waals surface area contributed by atoms with Gasteiger partial charge in [0.05, 0.1) is 6.54 Å². The smallest absolute Gasteiger partial charge is 0.225 e. The summed E-state index contributed by atoms with van der Waals surface area (Å²) < 4.78 is 3.02. The van der Waals surface area contributed by atoms with Crippen LogP contribution in [0.3, 0.4) is 0 Å². The van der Waals surface area contributed by atoms with Crippen LogP contribution in [0, 0.1) is 3.57 Å². The van der Waals surface area contributed by atoms with Crippen LogP contribution in [0.15, 0.2) is 24.8 Å². The monoisotopic (exact) mass is 329 g/mol. The number of hydrogen-bond acceptors (Lipinski definition) is 4. The van der Waals surface area contributed by atoms with E-state index in [1.165, 1.54) is 0 Å². The molecule has 84 valence electrons. The number of halogens is 1. The molecule has 0 saturated carbocycles. The van der Waals surface area contributed by atoms with E-state index in [2.05, 4.69) is 37.5 Å². The summed E-state index contributed by atoms with van der Waals surface area (Å²) in [6, 6.07) is 0. The summed E-state index contributed by atoms with van der Waals surface area (Å²) in [6.45, 7) is 0.699. The summed E-state index contributed by atoms with van der Waals surface area (Å²) in [4.78, 5) is 14.8. The summed E-state index contributed by atoms with van der Waals surface area (Å²) in [7, 11) is 3.93. The summed E-state index contributed by atoms with van der Waals surface area (Å²) in [5.41, 5.74) is 0. The lowest BCUT2D eigenvalue weighted by Crippen LogP contribution is -2.21. The maximum Gasteiger partial charge on any atom is 0.225 e. The van der Waals surface area contributed by atoms with Gasteiger partial charge >= 0.3 is 0 Å². The van der Waals surface area contributed by atoms with E-state index in [1.807, 2.05) is 29.8 Å². The van der Waals surface area contributed by atoms with Gasteiger partial charge in [0, 0.05) is 42.5 Å². The fraction of sp³-hybridized carbons (Fsp3) is 0.300. The Morgan fingerprint density at radius 3 is 2.56 bits per heavy atom. The van der Waals surface area contributed by atoms with Gasteiger partial charge < -0.3 is 9.47 Å². The lowest BCUT2D eigenvalue weighted by Gasteiger charge is -2.16. The highest BCUT2D eigenvalue weighted by Gasteiger charge is 2.07. The predicted molar refractivity (Wildman–Crippen MR) is 70.1 cm³/mol. The Labute approximate surface area is 108 Å².